The molecule has 0 bridgehead atoms. The Morgan fingerprint density at radius 1 is 1.15 bits per heavy atom. The average molecular weight is 274 g/mol. The van der Waals surface area contributed by atoms with E-state index < -0.39 is 5.91 Å². The molecule has 0 atom stereocenters. The van der Waals surface area contributed by atoms with Gasteiger partial charge in [0.2, 0.25) is 5.91 Å². The quantitative estimate of drug-likeness (QED) is 0.925. The van der Waals surface area contributed by atoms with E-state index in [1.165, 1.54) is 17.0 Å². The van der Waals surface area contributed by atoms with Gasteiger partial charge in [-0.3, -0.25) is 9.59 Å². The smallest absolute Gasteiger partial charge is 0.254 e. The highest BCUT2D eigenvalue weighted by Crippen LogP contribution is 2.22. The Bertz CT molecular complexity index is 670. The number of hydrogen-bond acceptors (Lipinski definition) is 2. The van der Waals surface area contributed by atoms with Gasteiger partial charge >= 0.3 is 0 Å². The minimum Gasteiger partial charge on any atom is -0.368 e. The van der Waals surface area contributed by atoms with Crippen LogP contribution in [0.3, 0.4) is 0 Å². The topological polar surface area (TPSA) is 63.4 Å². The first-order valence-corrected chi connectivity index (χ1v) is 6.29. The number of amides is 2. The van der Waals surface area contributed by atoms with Gasteiger partial charge in [-0.2, -0.15) is 0 Å². The zero-order chi connectivity index (χ0) is 14.7. The van der Waals surface area contributed by atoms with E-state index >= 15 is 0 Å². The molecule has 4 nitrogen and oxygen atoms in total. The van der Waals surface area contributed by atoms with Gasteiger partial charge in [-0.1, -0.05) is 24.3 Å². The first-order valence-electron chi connectivity index (χ1n) is 6.29. The van der Waals surface area contributed by atoms with E-state index in [2.05, 4.69) is 0 Å². The number of primary amides is 1. The maximum absolute atomic E-state index is 13.7. The van der Waals surface area contributed by atoms with Crippen molar-refractivity contribution in [1.29, 1.82) is 0 Å². The fraction of sp³-hybridized carbons (Fsp3) is 0.200. The van der Waals surface area contributed by atoms with Crippen LogP contribution in [-0.4, -0.2) is 29.8 Å². The van der Waals surface area contributed by atoms with Gasteiger partial charge < -0.3 is 10.6 Å². The van der Waals surface area contributed by atoms with Crippen LogP contribution in [-0.2, 0) is 4.79 Å². The Hall–Kier alpha value is -2.43. The Morgan fingerprint density at radius 3 is 2.40 bits per heavy atom. The van der Waals surface area contributed by atoms with E-state index in [1.807, 2.05) is 0 Å². The van der Waals surface area contributed by atoms with Crippen molar-refractivity contribution >= 4 is 22.6 Å². The van der Waals surface area contributed by atoms with E-state index in [9.17, 15) is 14.0 Å². The molecule has 0 fully saturated rings. The molecule has 0 aliphatic rings. The lowest BCUT2D eigenvalue weighted by atomic mass is 10.0. The summed E-state index contributed by atoms with van der Waals surface area (Å²) in [4.78, 5) is 24.8. The zero-order valence-electron chi connectivity index (χ0n) is 11.1. The van der Waals surface area contributed by atoms with Crippen LogP contribution in [0.25, 0.3) is 10.8 Å². The van der Waals surface area contributed by atoms with Crippen molar-refractivity contribution < 1.29 is 14.0 Å². The molecular formula is C15H15FN2O2. The number of nitrogens with zero attached hydrogens (tertiary/aromatic N) is 1. The van der Waals surface area contributed by atoms with Crippen molar-refractivity contribution in [3.8, 4) is 0 Å². The summed E-state index contributed by atoms with van der Waals surface area (Å²) in [5, 5.41) is 0.911. The van der Waals surface area contributed by atoms with E-state index in [1.54, 1.807) is 31.2 Å². The van der Waals surface area contributed by atoms with Crippen molar-refractivity contribution in [3.05, 3.63) is 47.8 Å². The molecule has 2 aromatic rings. The van der Waals surface area contributed by atoms with Crippen molar-refractivity contribution in [1.82, 2.24) is 4.90 Å². The van der Waals surface area contributed by atoms with Gasteiger partial charge in [0.25, 0.3) is 5.91 Å². The van der Waals surface area contributed by atoms with Gasteiger partial charge in [-0.25, -0.2) is 4.39 Å². The fourth-order valence-electron chi connectivity index (χ4n) is 2.13. The van der Waals surface area contributed by atoms with Crippen LogP contribution in [0.4, 0.5) is 4.39 Å². The summed E-state index contributed by atoms with van der Waals surface area (Å²) in [6.07, 6.45) is 0. The van der Waals surface area contributed by atoms with Crippen LogP contribution < -0.4 is 5.73 Å². The number of rotatable bonds is 4. The van der Waals surface area contributed by atoms with E-state index in [0.717, 1.165) is 0 Å². The predicted octanol–water partition coefficient (Wildman–Crippen LogP) is 1.93. The van der Waals surface area contributed by atoms with Gasteiger partial charge in [-0.05, 0) is 24.4 Å². The second kappa shape index (κ2) is 5.69. The van der Waals surface area contributed by atoms with Gasteiger partial charge in [0.1, 0.15) is 5.82 Å². The Labute approximate surface area is 116 Å². The summed E-state index contributed by atoms with van der Waals surface area (Å²) in [6, 6.07) is 9.44. The Balaban J connectivity index is 2.49. The predicted molar refractivity (Wildman–Crippen MR) is 74.7 cm³/mol. The van der Waals surface area contributed by atoms with Crippen LogP contribution in [0.15, 0.2) is 36.4 Å². The third-order valence-corrected chi connectivity index (χ3v) is 3.12. The number of nitrogens with two attached hydrogens (primary N) is 1. The number of halogens is 1. The molecule has 2 N–H and O–H groups in total. The lowest BCUT2D eigenvalue weighted by Crippen LogP contribution is -2.38. The first kappa shape index (κ1) is 14.0. The van der Waals surface area contributed by atoms with Crippen LogP contribution in [0.1, 0.15) is 17.3 Å². The maximum atomic E-state index is 13.7. The minimum absolute atomic E-state index is 0.152. The van der Waals surface area contributed by atoms with E-state index in [-0.39, 0.29) is 18.3 Å². The number of fused-ring (bicyclic) bond motifs is 1. The number of likely N-dealkylation sites (N-methyl/N-ethyl adjacent to an activating group) is 1. The third-order valence-electron chi connectivity index (χ3n) is 3.12. The molecule has 2 amide bonds. The molecule has 104 valence electrons. The number of hydrogen-bond donors (Lipinski definition) is 1. The molecule has 20 heavy (non-hydrogen) atoms. The van der Waals surface area contributed by atoms with Crippen molar-refractivity contribution in [2.75, 3.05) is 13.1 Å². The molecule has 2 rings (SSSR count). The standard InChI is InChI=1S/C15H15FN2O2/c1-2-18(9-14(17)19)15(20)12-7-8-13(16)11-6-4-3-5-10(11)12/h3-8H,2,9H2,1H3,(H2,17,19). The van der Waals surface area contributed by atoms with E-state index in [0.29, 0.717) is 22.9 Å². The Kier molecular flexibility index (Phi) is 3.98. The third kappa shape index (κ3) is 2.61. The summed E-state index contributed by atoms with van der Waals surface area (Å²) in [5.74, 6) is -1.29. The van der Waals surface area contributed by atoms with Crippen LogP contribution in [0.2, 0.25) is 0 Å². The average Bonchev–Trinajstić information content (AvgIpc) is 2.44. The van der Waals surface area contributed by atoms with Crippen molar-refractivity contribution in [2.45, 2.75) is 6.92 Å². The molecule has 0 spiro atoms. The molecular weight excluding hydrogens is 259 g/mol. The second-order valence-corrected chi connectivity index (χ2v) is 4.43. The summed E-state index contributed by atoms with van der Waals surface area (Å²) < 4.78 is 13.7. The molecule has 0 heterocycles. The van der Waals surface area contributed by atoms with Gasteiger partial charge in [0, 0.05) is 17.5 Å². The fourth-order valence-corrected chi connectivity index (χ4v) is 2.13. The number of benzene rings is 2. The largest absolute Gasteiger partial charge is 0.368 e. The monoisotopic (exact) mass is 274 g/mol. The van der Waals surface area contributed by atoms with Crippen LogP contribution in [0.5, 0.6) is 0 Å². The summed E-state index contributed by atoms with van der Waals surface area (Å²) in [6.45, 7) is 1.96. The lowest BCUT2D eigenvalue weighted by Gasteiger charge is -2.20. The Morgan fingerprint density at radius 2 is 1.80 bits per heavy atom. The van der Waals surface area contributed by atoms with Crippen LogP contribution >= 0.6 is 0 Å². The van der Waals surface area contributed by atoms with E-state index in [4.69, 9.17) is 5.73 Å². The van der Waals surface area contributed by atoms with Gasteiger partial charge in [0.05, 0.1) is 6.54 Å². The molecule has 0 aromatic heterocycles. The summed E-state index contributed by atoms with van der Waals surface area (Å²) in [7, 11) is 0. The summed E-state index contributed by atoms with van der Waals surface area (Å²) in [5.41, 5.74) is 5.49. The first-order chi connectivity index (χ1) is 9.54. The lowest BCUT2D eigenvalue weighted by molar-refractivity contribution is -0.118. The maximum Gasteiger partial charge on any atom is 0.254 e. The highest BCUT2D eigenvalue weighted by molar-refractivity contribution is 6.07. The molecule has 0 saturated carbocycles. The zero-order valence-corrected chi connectivity index (χ0v) is 11.1. The van der Waals surface area contributed by atoms with Crippen LogP contribution in [0, 0.1) is 5.82 Å². The van der Waals surface area contributed by atoms with Gasteiger partial charge in [-0.15, -0.1) is 0 Å². The number of carbonyl (C=O) groups excluding carboxylic acids is 2. The normalized spacial score (nSPS) is 10.5. The van der Waals surface area contributed by atoms with Gasteiger partial charge in [0.15, 0.2) is 0 Å². The summed E-state index contributed by atoms with van der Waals surface area (Å²) >= 11 is 0. The highest BCUT2D eigenvalue weighted by atomic mass is 19.1. The number of carbonyl (C=O) groups is 2. The molecule has 0 saturated heterocycles. The molecule has 5 heteroatoms. The van der Waals surface area contributed by atoms with Crippen molar-refractivity contribution in [3.63, 3.8) is 0 Å². The minimum atomic E-state index is -0.577. The SMILES string of the molecule is CCN(CC(N)=O)C(=O)c1ccc(F)c2ccccc12. The molecule has 2 aromatic carbocycles. The van der Waals surface area contributed by atoms with Crippen molar-refractivity contribution in [2.24, 2.45) is 5.73 Å². The second-order valence-electron chi connectivity index (χ2n) is 4.43. The molecule has 0 aliphatic heterocycles. The highest BCUT2D eigenvalue weighted by Gasteiger charge is 2.19. The molecule has 0 radical (unpaired) electrons. The molecule has 0 aliphatic carbocycles. The molecule has 0 unspecified atom stereocenters.